The largest absolute Gasteiger partial charge is 0.244 e. The van der Waals surface area contributed by atoms with Crippen molar-refractivity contribution in [3.8, 4) is 0 Å². The molecule has 0 aliphatic heterocycles. The fourth-order valence-electron chi connectivity index (χ4n) is 2.15. The first-order valence-corrected chi connectivity index (χ1v) is 9.18. The Morgan fingerprint density at radius 1 is 1.05 bits per heavy atom. The standard InChI is InChI=1S/C17H18BrNO2S/c1-2-13-19(14-12-15-8-4-3-5-9-15)22(20,21)17-11-7-6-10-16(17)18/h2-11H,1,12-14H2. The van der Waals surface area contributed by atoms with Gasteiger partial charge in [-0.15, -0.1) is 6.58 Å². The SMILES string of the molecule is C=CCN(CCc1ccccc1)S(=O)(=O)c1ccccc1Br. The molecule has 0 fully saturated rings. The molecule has 0 amide bonds. The van der Waals surface area contributed by atoms with E-state index in [4.69, 9.17) is 0 Å². The van der Waals surface area contributed by atoms with Crippen molar-refractivity contribution in [3.05, 3.63) is 77.3 Å². The van der Waals surface area contributed by atoms with Crippen molar-refractivity contribution in [3.63, 3.8) is 0 Å². The Bertz CT molecular complexity index is 729. The Kier molecular flexibility index (Phi) is 5.94. The van der Waals surface area contributed by atoms with Gasteiger partial charge in [-0.2, -0.15) is 4.31 Å². The van der Waals surface area contributed by atoms with Crippen molar-refractivity contribution < 1.29 is 8.42 Å². The van der Waals surface area contributed by atoms with Gasteiger partial charge in [-0.25, -0.2) is 8.42 Å². The summed E-state index contributed by atoms with van der Waals surface area (Å²) < 4.78 is 27.6. The van der Waals surface area contributed by atoms with Gasteiger partial charge in [0.15, 0.2) is 0 Å². The van der Waals surface area contributed by atoms with Crippen LogP contribution in [0.1, 0.15) is 5.56 Å². The second-order valence-electron chi connectivity index (χ2n) is 4.82. The summed E-state index contributed by atoms with van der Waals surface area (Å²) in [5.74, 6) is 0. The molecule has 0 aliphatic carbocycles. The van der Waals surface area contributed by atoms with Crippen LogP contribution in [0.25, 0.3) is 0 Å². The molecule has 0 radical (unpaired) electrons. The van der Waals surface area contributed by atoms with E-state index >= 15 is 0 Å². The molecule has 3 nitrogen and oxygen atoms in total. The number of hydrogen-bond acceptors (Lipinski definition) is 2. The number of rotatable bonds is 7. The zero-order valence-corrected chi connectivity index (χ0v) is 14.6. The summed E-state index contributed by atoms with van der Waals surface area (Å²) in [5, 5.41) is 0. The fraction of sp³-hybridized carbons (Fsp3) is 0.176. The summed E-state index contributed by atoms with van der Waals surface area (Å²) in [5.41, 5.74) is 1.11. The molecule has 22 heavy (non-hydrogen) atoms. The molecule has 0 atom stereocenters. The first-order chi connectivity index (χ1) is 10.6. The van der Waals surface area contributed by atoms with E-state index in [1.165, 1.54) is 4.31 Å². The lowest BCUT2D eigenvalue weighted by molar-refractivity contribution is 0.445. The van der Waals surface area contributed by atoms with Crippen molar-refractivity contribution in [1.82, 2.24) is 4.31 Å². The number of hydrogen-bond donors (Lipinski definition) is 0. The molecule has 0 heterocycles. The summed E-state index contributed by atoms with van der Waals surface area (Å²) in [6, 6.07) is 16.7. The van der Waals surface area contributed by atoms with Crippen LogP contribution in [-0.4, -0.2) is 25.8 Å². The van der Waals surface area contributed by atoms with E-state index in [1.807, 2.05) is 30.3 Å². The smallest absolute Gasteiger partial charge is 0.207 e. The Morgan fingerprint density at radius 2 is 1.68 bits per heavy atom. The van der Waals surface area contributed by atoms with E-state index < -0.39 is 10.0 Å². The Morgan fingerprint density at radius 3 is 2.32 bits per heavy atom. The predicted molar refractivity (Wildman–Crippen MR) is 93.2 cm³/mol. The van der Waals surface area contributed by atoms with E-state index in [9.17, 15) is 8.42 Å². The van der Waals surface area contributed by atoms with E-state index in [-0.39, 0.29) is 11.4 Å². The van der Waals surface area contributed by atoms with Crippen molar-refractivity contribution >= 4 is 26.0 Å². The van der Waals surface area contributed by atoms with Gasteiger partial charge in [0.05, 0.1) is 4.90 Å². The highest BCUT2D eigenvalue weighted by Gasteiger charge is 2.25. The molecule has 0 spiro atoms. The van der Waals surface area contributed by atoms with Crippen LogP contribution in [-0.2, 0) is 16.4 Å². The van der Waals surface area contributed by atoms with Crippen LogP contribution in [0, 0.1) is 0 Å². The average Bonchev–Trinajstić information content (AvgIpc) is 2.52. The summed E-state index contributed by atoms with van der Waals surface area (Å²) in [7, 11) is -3.55. The lowest BCUT2D eigenvalue weighted by Gasteiger charge is -2.21. The summed E-state index contributed by atoms with van der Waals surface area (Å²) in [6.07, 6.45) is 2.28. The van der Waals surface area contributed by atoms with Gasteiger partial charge in [0.1, 0.15) is 0 Å². The molecule has 2 aromatic rings. The zero-order chi connectivity index (χ0) is 16.0. The van der Waals surface area contributed by atoms with E-state index in [2.05, 4.69) is 22.5 Å². The monoisotopic (exact) mass is 379 g/mol. The third-order valence-electron chi connectivity index (χ3n) is 3.28. The molecular formula is C17H18BrNO2S. The van der Waals surface area contributed by atoms with Gasteiger partial charge in [0.2, 0.25) is 10.0 Å². The van der Waals surface area contributed by atoms with Crippen molar-refractivity contribution in [2.75, 3.05) is 13.1 Å². The molecule has 0 unspecified atom stereocenters. The van der Waals surface area contributed by atoms with Crippen LogP contribution in [0.4, 0.5) is 0 Å². The minimum atomic E-state index is -3.55. The van der Waals surface area contributed by atoms with Crippen LogP contribution < -0.4 is 0 Å². The zero-order valence-electron chi connectivity index (χ0n) is 12.2. The highest BCUT2D eigenvalue weighted by atomic mass is 79.9. The average molecular weight is 380 g/mol. The highest BCUT2D eigenvalue weighted by Crippen LogP contribution is 2.24. The van der Waals surface area contributed by atoms with Gasteiger partial charge in [-0.1, -0.05) is 48.5 Å². The molecule has 0 aliphatic rings. The molecule has 0 bridgehead atoms. The van der Waals surface area contributed by atoms with Gasteiger partial charge >= 0.3 is 0 Å². The minimum Gasteiger partial charge on any atom is -0.207 e. The van der Waals surface area contributed by atoms with Gasteiger partial charge in [-0.05, 0) is 40.0 Å². The molecule has 116 valence electrons. The number of benzene rings is 2. The van der Waals surface area contributed by atoms with Gasteiger partial charge < -0.3 is 0 Å². The van der Waals surface area contributed by atoms with E-state index in [0.717, 1.165) is 5.56 Å². The Labute approximate surface area is 140 Å². The molecule has 2 aromatic carbocycles. The predicted octanol–water partition coefficient (Wildman–Crippen LogP) is 3.87. The molecule has 2 rings (SSSR count). The molecule has 5 heteroatoms. The first kappa shape index (κ1) is 16.9. The van der Waals surface area contributed by atoms with Crippen LogP contribution >= 0.6 is 15.9 Å². The molecule has 0 aromatic heterocycles. The quantitative estimate of drug-likeness (QED) is 0.684. The topological polar surface area (TPSA) is 37.4 Å². The second-order valence-corrected chi connectivity index (χ2v) is 7.58. The summed E-state index contributed by atoms with van der Waals surface area (Å²) >= 11 is 3.32. The maximum atomic E-state index is 12.8. The molecule has 0 N–H and O–H groups in total. The normalized spacial score (nSPS) is 11.5. The van der Waals surface area contributed by atoms with Crippen LogP contribution in [0.15, 0.2) is 76.6 Å². The third kappa shape index (κ3) is 4.06. The second kappa shape index (κ2) is 7.72. The van der Waals surface area contributed by atoms with Crippen molar-refractivity contribution in [2.45, 2.75) is 11.3 Å². The Hall–Kier alpha value is -1.43. The number of nitrogens with zero attached hydrogens (tertiary/aromatic N) is 1. The minimum absolute atomic E-state index is 0.282. The third-order valence-corrected chi connectivity index (χ3v) is 6.16. The Balaban J connectivity index is 2.23. The maximum absolute atomic E-state index is 12.8. The van der Waals surface area contributed by atoms with Crippen molar-refractivity contribution in [1.29, 1.82) is 0 Å². The molecule has 0 saturated carbocycles. The van der Waals surface area contributed by atoms with Crippen molar-refractivity contribution in [2.24, 2.45) is 0 Å². The highest BCUT2D eigenvalue weighted by molar-refractivity contribution is 9.10. The van der Waals surface area contributed by atoms with Gasteiger partial charge in [0, 0.05) is 17.6 Å². The van der Waals surface area contributed by atoms with Crippen LogP contribution in [0.2, 0.25) is 0 Å². The molecular weight excluding hydrogens is 362 g/mol. The molecule has 0 saturated heterocycles. The lowest BCUT2D eigenvalue weighted by Crippen LogP contribution is -2.33. The van der Waals surface area contributed by atoms with Gasteiger partial charge in [0.25, 0.3) is 0 Å². The summed E-state index contributed by atoms with van der Waals surface area (Å²) in [4.78, 5) is 0.282. The van der Waals surface area contributed by atoms with E-state index in [0.29, 0.717) is 17.4 Å². The lowest BCUT2D eigenvalue weighted by atomic mass is 10.1. The number of sulfonamides is 1. The maximum Gasteiger partial charge on any atom is 0.244 e. The van der Waals surface area contributed by atoms with Crippen LogP contribution in [0.3, 0.4) is 0 Å². The fourth-order valence-corrected chi connectivity index (χ4v) is 4.52. The van der Waals surface area contributed by atoms with Gasteiger partial charge in [-0.3, -0.25) is 0 Å². The first-order valence-electron chi connectivity index (χ1n) is 6.95. The number of halogens is 1. The van der Waals surface area contributed by atoms with E-state index in [1.54, 1.807) is 30.3 Å². The summed E-state index contributed by atoms with van der Waals surface area (Å²) in [6.45, 7) is 4.37. The van der Waals surface area contributed by atoms with Crippen LogP contribution in [0.5, 0.6) is 0 Å².